The lowest BCUT2D eigenvalue weighted by molar-refractivity contribution is 0.102. The number of carbonyl (C=O) groups excluding carboxylic acids is 1. The van der Waals surface area contributed by atoms with Crippen LogP contribution in [0.15, 0.2) is 54.6 Å². The van der Waals surface area contributed by atoms with E-state index in [-0.39, 0.29) is 5.91 Å². The number of nitrogens with one attached hydrogen (secondary N) is 1. The Kier molecular flexibility index (Phi) is 5.18. The Labute approximate surface area is 144 Å². The van der Waals surface area contributed by atoms with Crippen molar-refractivity contribution in [2.24, 2.45) is 0 Å². The van der Waals surface area contributed by atoms with Crippen molar-refractivity contribution in [1.29, 1.82) is 0 Å². The van der Waals surface area contributed by atoms with Gasteiger partial charge in [0.2, 0.25) is 5.13 Å². The molecule has 1 amide bonds. The second kappa shape index (κ2) is 7.70. The van der Waals surface area contributed by atoms with E-state index in [1.807, 2.05) is 37.3 Å². The van der Waals surface area contributed by atoms with E-state index in [0.29, 0.717) is 23.1 Å². The van der Waals surface area contributed by atoms with E-state index < -0.39 is 0 Å². The Bertz CT molecular complexity index is 801. The van der Waals surface area contributed by atoms with Crippen molar-refractivity contribution in [2.75, 3.05) is 11.9 Å². The lowest BCUT2D eigenvalue weighted by atomic mass is 10.2. The van der Waals surface area contributed by atoms with Crippen LogP contribution in [0.25, 0.3) is 11.4 Å². The van der Waals surface area contributed by atoms with Crippen LogP contribution in [0.3, 0.4) is 0 Å². The summed E-state index contributed by atoms with van der Waals surface area (Å²) in [6.45, 7) is 2.71. The molecule has 0 aliphatic carbocycles. The van der Waals surface area contributed by atoms with Gasteiger partial charge in [-0.1, -0.05) is 37.3 Å². The van der Waals surface area contributed by atoms with Gasteiger partial charge >= 0.3 is 0 Å². The molecule has 1 heterocycles. The van der Waals surface area contributed by atoms with Crippen molar-refractivity contribution < 1.29 is 9.53 Å². The maximum atomic E-state index is 12.3. The number of aromatic nitrogens is 2. The number of amides is 1. The Morgan fingerprint density at radius 3 is 2.58 bits per heavy atom. The van der Waals surface area contributed by atoms with Crippen LogP contribution < -0.4 is 10.1 Å². The van der Waals surface area contributed by atoms with Gasteiger partial charge in [-0.15, -0.1) is 0 Å². The largest absolute Gasteiger partial charge is 0.494 e. The average molecular weight is 339 g/mol. The SMILES string of the molecule is CCCOc1ccc(C(=O)Nc2nc(-c3ccccc3)ns2)cc1. The molecule has 3 aromatic rings. The average Bonchev–Trinajstić information content (AvgIpc) is 3.09. The minimum absolute atomic E-state index is 0.215. The summed E-state index contributed by atoms with van der Waals surface area (Å²) >= 11 is 1.16. The van der Waals surface area contributed by atoms with Gasteiger partial charge in [0, 0.05) is 22.7 Å². The fourth-order valence-electron chi connectivity index (χ4n) is 2.07. The van der Waals surface area contributed by atoms with E-state index in [1.54, 1.807) is 24.3 Å². The van der Waals surface area contributed by atoms with Gasteiger partial charge in [-0.05, 0) is 30.7 Å². The molecule has 1 N–H and O–H groups in total. The summed E-state index contributed by atoms with van der Waals surface area (Å²) in [6, 6.07) is 16.7. The molecule has 0 fully saturated rings. The molecular formula is C18H17N3O2S. The Morgan fingerprint density at radius 2 is 1.88 bits per heavy atom. The van der Waals surface area contributed by atoms with Crippen molar-refractivity contribution >= 4 is 22.6 Å². The predicted molar refractivity (Wildman–Crippen MR) is 95.5 cm³/mol. The van der Waals surface area contributed by atoms with Crippen LogP contribution in [0, 0.1) is 0 Å². The summed E-state index contributed by atoms with van der Waals surface area (Å²) in [6.07, 6.45) is 0.947. The quantitative estimate of drug-likeness (QED) is 0.729. The molecule has 0 saturated heterocycles. The first-order valence-corrected chi connectivity index (χ1v) is 8.47. The maximum Gasteiger partial charge on any atom is 0.257 e. The first-order valence-electron chi connectivity index (χ1n) is 7.69. The highest BCUT2D eigenvalue weighted by atomic mass is 32.1. The number of nitrogens with zero attached hydrogens (tertiary/aromatic N) is 2. The summed E-state index contributed by atoms with van der Waals surface area (Å²) in [5.41, 5.74) is 1.47. The molecule has 24 heavy (non-hydrogen) atoms. The maximum absolute atomic E-state index is 12.3. The molecular weight excluding hydrogens is 322 g/mol. The van der Waals surface area contributed by atoms with E-state index >= 15 is 0 Å². The third-order valence-electron chi connectivity index (χ3n) is 3.27. The number of hydrogen-bond donors (Lipinski definition) is 1. The molecule has 6 heteroatoms. The zero-order valence-electron chi connectivity index (χ0n) is 13.2. The lowest BCUT2D eigenvalue weighted by Crippen LogP contribution is -2.11. The summed E-state index contributed by atoms with van der Waals surface area (Å²) in [7, 11) is 0. The van der Waals surface area contributed by atoms with Crippen molar-refractivity contribution in [3.05, 3.63) is 60.2 Å². The number of benzene rings is 2. The van der Waals surface area contributed by atoms with Crippen LogP contribution in [0.5, 0.6) is 5.75 Å². The van der Waals surface area contributed by atoms with Crippen LogP contribution in [-0.2, 0) is 0 Å². The van der Waals surface area contributed by atoms with E-state index in [1.165, 1.54) is 0 Å². The van der Waals surface area contributed by atoms with Gasteiger partial charge in [0.05, 0.1) is 6.61 Å². The molecule has 3 rings (SSSR count). The molecule has 0 unspecified atom stereocenters. The first kappa shape index (κ1) is 16.1. The van der Waals surface area contributed by atoms with Crippen LogP contribution in [0.2, 0.25) is 0 Å². The van der Waals surface area contributed by atoms with Crippen molar-refractivity contribution in [3.63, 3.8) is 0 Å². The highest BCUT2D eigenvalue weighted by molar-refractivity contribution is 7.10. The van der Waals surface area contributed by atoms with Crippen LogP contribution in [0.1, 0.15) is 23.7 Å². The third kappa shape index (κ3) is 3.97. The minimum Gasteiger partial charge on any atom is -0.494 e. The van der Waals surface area contributed by atoms with Gasteiger partial charge in [0.15, 0.2) is 5.82 Å². The van der Waals surface area contributed by atoms with E-state index in [0.717, 1.165) is 29.3 Å². The summed E-state index contributed by atoms with van der Waals surface area (Å²) < 4.78 is 9.79. The molecule has 1 aromatic heterocycles. The second-order valence-electron chi connectivity index (χ2n) is 5.12. The smallest absolute Gasteiger partial charge is 0.257 e. The predicted octanol–water partition coefficient (Wildman–Crippen LogP) is 4.25. The van der Waals surface area contributed by atoms with E-state index in [9.17, 15) is 4.79 Å². The number of carbonyl (C=O) groups is 1. The zero-order chi connectivity index (χ0) is 16.8. The van der Waals surface area contributed by atoms with Crippen molar-refractivity contribution in [1.82, 2.24) is 9.36 Å². The molecule has 2 aromatic carbocycles. The standard InChI is InChI=1S/C18H17N3O2S/c1-2-12-23-15-10-8-14(9-11-15)17(22)20-18-19-16(21-24-18)13-6-4-3-5-7-13/h3-11H,2,12H2,1H3,(H,19,20,21,22). The fourth-order valence-corrected chi connectivity index (χ4v) is 2.66. The molecule has 5 nitrogen and oxygen atoms in total. The van der Waals surface area contributed by atoms with Crippen LogP contribution in [-0.4, -0.2) is 21.9 Å². The Morgan fingerprint density at radius 1 is 1.12 bits per heavy atom. The third-order valence-corrected chi connectivity index (χ3v) is 3.90. The van der Waals surface area contributed by atoms with Gasteiger partial charge in [0.1, 0.15) is 5.75 Å². The lowest BCUT2D eigenvalue weighted by Gasteiger charge is -2.05. The van der Waals surface area contributed by atoms with Crippen molar-refractivity contribution in [2.45, 2.75) is 13.3 Å². The topological polar surface area (TPSA) is 64.1 Å². The number of hydrogen-bond acceptors (Lipinski definition) is 5. The highest BCUT2D eigenvalue weighted by Crippen LogP contribution is 2.21. The number of rotatable bonds is 6. The molecule has 122 valence electrons. The minimum atomic E-state index is -0.215. The molecule has 0 aliphatic heterocycles. The summed E-state index contributed by atoms with van der Waals surface area (Å²) in [4.78, 5) is 16.6. The van der Waals surface area contributed by atoms with Gasteiger partial charge in [0.25, 0.3) is 5.91 Å². The van der Waals surface area contributed by atoms with Crippen molar-refractivity contribution in [3.8, 4) is 17.1 Å². The summed E-state index contributed by atoms with van der Waals surface area (Å²) in [5.74, 6) is 1.16. The van der Waals surface area contributed by atoms with Gasteiger partial charge in [-0.25, -0.2) is 0 Å². The molecule has 0 radical (unpaired) electrons. The van der Waals surface area contributed by atoms with Crippen LogP contribution in [0.4, 0.5) is 5.13 Å². The van der Waals surface area contributed by atoms with Gasteiger partial charge in [-0.2, -0.15) is 9.36 Å². The fraction of sp³-hybridized carbons (Fsp3) is 0.167. The normalized spacial score (nSPS) is 10.4. The van der Waals surface area contributed by atoms with E-state index in [2.05, 4.69) is 14.7 Å². The highest BCUT2D eigenvalue weighted by Gasteiger charge is 2.11. The Hall–Kier alpha value is -2.73. The molecule has 0 atom stereocenters. The zero-order valence-corrected chi connectivity index (χ0v) is 14.0. The summed E-state index contributed by atoms with van der Waals surface area (Å²) in [5, 5.41) is 3.25. The van der Waals surface area contributed by atoms with E-state index in [4.69, 9.17) is 4.74 Å². The van der Waals surface area contributed by atoms with Crippen LogP contribution >= 0.6 is 11.5 Å². The number of ether oxygens (including phenoxy) is 1. The van der Waals surface area contributed by atoms with Gasteiger partial charge in [-0.3, -0.25) is 10.1 Å². The Balaban J connectivity index is 1.66. The second-order valence-corrected chi connectivity index (χ2v) is 5.87. The number of anilines is 1. The molecule has 0 spiro atoms. The monoisotopic (exact) mass is 339 g/mol. The molecule has 0 aliphatic rings. The molecule has 0 saturated carbocycles. The molecule has 0 bridgehead atoms. The first-order chi connectivity index (χ1) is 11.8. The van der Waals surface area contributed by atoms with Gasteiger partial charge < -0.3 is 4.74 Å².